The van der Waals surface area contributed by atoms with Crippen LogP contribution in [0.15, 0.2) is 0 Å². The minimum Gasteiger partial charge on any atom is -0.314 e. The predicted molar refractivity (Wildman–Crippen MR) is 74.3 cm³/mol. The Morgan fingerprint density at radius 3 is 2.47 bits per heavy atom. The van der Waals surface area contributed by atoms with Crippen LogP contribution < -0.4 is 5.32 Å². The third-order valence-electron chi connectivity index (χ3n) is 4.78. The number of nitrogens with one attached hydrogen (secondary N) is 1. The minimum atomic E-state index is 0.812. The summed E-state index contributed by atoms with van der Waals surface area (Å²) in [6.45, 7) is 10.0. The van der Waals surface area contributed by atoms with E-state index in [1.54, 1.807) is 0 Å². The van der Waals surface area contributed by atoms with E-state index < -0.39 is 0 Å². The van der Waals surface area contributed by atoms with Crippen molar-refractivity contribution in [3.05, 3.63) is 0 Å². The third-order valence-corrected chi connectivity index (χ3v) is 4.78. The molecular weight excluding hydrogens is 208 g/mol. The van der Waals surface area contributed by atoms with Crippen molar-refractivity contribution in [1.29, 1.82) is 0 Å². The lowest BCUT2D eigenvalue weighted by Crippen LogP contribution is -2.40. The molecule has 0 aromatic rings. The quantitative estimate of drug-likeness (QED) is 0.810. The molecule has 1 N–H and O–H groups in total. The number of hydrogen-bond acceptors (Lipinski definition) is 2. The predicted octanol–water partition coefficient (Wildman–Crippen LogP) is 2.89. The van der Waals surface area contributed by atoms with Crippen molar-refractivity contribution < 1.29 is 0 Å². The summed E-state index contributed by atoms with van der Waals surface area (Å²) in [7, 11) is 0. The van der Waals surface area contributed by atoms with Gasteiger partial charge in [0.15, 0.2) is 0 Å². The Kier molecular flexibility index (Phi) is 5.30. The fourth-order valence-corrected chi connectivity index (χ4v) is 3.35. The Labute approximate surface area is 107 Å². The first-order valence-electron chi connectivity index (χ1n) is 7.71. The third kappa shape index (κ3) is 4.26. The largest absolute Gasteiger partial charge is 0.314 e. The zero-order valence-corrected chi connectivity index (χ0v) is 11.8. The maximum Gasteiger partial charge on any atom is 0.00792 e. The molecule has 2 saturated heterocycles. The average Bonchev–Trinajstić information content (AvgIpc) is 2.38. The highest BCUT2D eigenvalue weighted by Crippen LogP contribution is 2.24. The van der Waals surface area contributed by atoms with Gasteiger partial charge in [-0.1, -0.05) is 20.3 Å². The van der Waals surface area contributed by atoms with Crippen LogP contribution >= 0.6 is 0 Å². The molecule has 17 heavy (non-hydrogen) atoms. The lowest BCUT2D eigenvalue weighted by molar-refractivity contribution is 0.150. The highest BCUT2D eigenvalue weighted by Gasteiger charge is 2.22. The Hall–Kier alpha value is -0.0800. The zero-order chi connectivity index (χ0) is 12.1. The molecule has 0 amide bonds. The van der Waals surface area contributed by atoms with Gasteiger partial charge in [-0.25, -0.2) is 0 Å². The summed E-state index contributed by atoms with van der Waals surface area (Å²) < 4.78 is 0. The maximum atomic E-state index is 3.66. The van der Waals surface area contributed by atoms with Gasteiger partial charge in [-0.2, -0.15) is 0 Å². The molecular formula is C15H30N2. The van der Waals surface area contributed by atoms with Crippen LogP contribution in [-0.2, 0) is 0 Å². The Morgan fingerprint density at radius 2 is 1.88 bits per heavy atom. The first-order chi connectivity index (χ1) is 8.25. The number of nitrogens with zero attached hydrogens (tertiary/aromatic N) is 1. The van der Waals surface area contributed by atoms with E-state index in [2.05, 4.69) is 24.1 Å². The molecule has 0 aliphatic carbocycles. The van der Waals surface area contributed by atoms with Crippen molar-refractivity contribution >= 4 is 0 Å². The van der Waals surface area contributed by atoms with Crippen molar-refractivity contribution in [2.24, 2.45) is 11.8 Å². The van der Waals surface area contributed by atoms with Crippen LogP contribution in [0, 0.1) is 11.8 Å². The molecule has 0 saturated carbocycles. The molecule has 2 heterocycles. The van der Waals surface area contributed by atoms with Crippen molar-refractivity contribution in [1.82, 2.24) is 10.2 Å². The molecule has 2 aliphatic heterocycles. The Bertz CT molecular complexity index is 201. The van der Waals surface area contributed by atoms with Gasteiger partial charge in [0.1, 0.15) is 0 Å². The van der Waals surface area contributed by atoms with Crippen LogP contribution in [0.25, 0.3) is 0 Å². The molecule has 2 heteroatoms. The van der Waals surface area contributed by atoms with Gasteiger partial charge in [0.2, 0.25) is 0 Å². The zero-order valence-electron chi connectivity index (χ0n) is 11.8. The molecule has 2 nitrogen and oxygen atoms in total. The molecule has 0 spiro atoms. The van der Waals surface area contributed by atoms with E-state index in [9.17, 15) is 0 Å². The van der Waals surface area contributed by atoms with Gasteiger partial charge >= 0.3 is 0 Å². The van der Waals surface area contributed by atoms with E-state index in [4.69, 9.17) is 0 Å². The van der Waals surface area contributed by atoms with Crippen LogP contribution in [0.1, 0.15) is 52.4 Å². The van der Waals surface area contributed by atoms with E-state index in [1.807, 2.05) is 0 Å². The molecule has 1 atom stereocenters. The van der Waals surface area contributed by atoms with Crippen LogP contribution in [-0.4, -0.2) is 37.1 Å². The fourth-order valence-electron chi connectivity index (χ4n) is 3.35. The molecule has 2 aliphatic rings. The van der Waals surface area contributed by atoms with E-state index >= 15 is 0 Å². The standard InChI is InChI=1S/C15H30N2/c1-13(2)14-6-10-17(11-7-14)12-8-15-5-3-4-9-16-15/h13-16H,3-12H2,1-2H3. The Balaban J connectivity index is 1.61. The summed E-state index contributed by atoms with van der Waals surface area (Å²) in [5.41, 5.74) is 0. The second kappa shape index (κ2) is 6.75. The van der Waals surface area contributed by atoms with Crippen molar-refractivity contribution in [3.63, 3.8) is 0 Å². The summed E-state index contributed by atoms with van der Waals surface area (Å²) >= 11 is 0. The first-order valence-corrected chi connectivity index (χ1v) is 7.71. The van der Waals surface area contributed by atoms with Crippen LogP contribution in [0.5, 0.6) is 0 Å². The van der Waals surface area contributed by atoms with Gasteiger partial charge in [-0.3, -0.25) is 0 Å². The number of likely N-dealkylation sites (tertiary alicyclic amines) is 1. The normalized spacial score (nSPS) is 28.8. The highest BCUT2D eigenvalue weighted by molar-refractivity contribution is 4.77. The number of rotatable bonds is 4. The van der Waals surface area contributed by atoms with Crippen LogP contribution in [0.2, 0.25) is 0 Å². The van der Waals surface area contributed by atoms with Crippen molar-refractivity contribution in [2.45, 2.75) is 58.4 Å². The Morgan fingerprint density at radius 1 is 1.12 bits per heavy atom. The summed E-state index contributed by atoms with van der Waals surface area (Å²) in [5.74, 6) is 1.87. The van der Waals surface area contributed by atoms with Gasteiger partial charge in [0.05, 0.1) is 0 Å². The topological polar surface area (TPSA) is 15.3 Å². The molecule has 0 radical (unpaired) electrons. The van der Waals surface area contributed by atoms with Crippen LogP contribution in [0.3, 0.4) is 0 Å². The van der Waals surface area contributed by atoms with E-state index in [0.29, 0.717) is 0 Å². The second-order valence-electron chi connectivity index (χ2n) is 6.36. The molecule has 1 unspecified atom stereocenters. The summed E-state index contributed by atoms with van der Waals surface area (Å²) in [5, 5.41) is 3.66. The van der Waals surface area contributed by atoms with E-state index in [0.717, 1.165) is 17.9 Å². The summed E-state index contributed by atoms with van der Waals surface area (Å²) in [6, 6.07) is 0.812. The van der Waals surface area contributed by atoms with Gasteiger partial charge in [-0.05, 0) is 70.1 Å². The van der Waals surface area contributed by atoms with Crippen LogP contribution in [0.4, 0.5) is 0 Å². The van der Waals surface area contributed by atoms with E-state index in [1.165, 1.54) is 64.7 Å². The molecule has 0 aromatic carbocycles. The lowest BCUT2D eigenvalue weighted by atomic mass is 9.86. The highest BCUT2D eigenvalue weighted by atomic mass is 15.1. The van der Waals surface area contributed by atoms with E-state index in [-0.39, 0.29) is 0 Å². The summed E-state index contributed by atoms with van der Waals surface area (Å²) in [4.78, 5) is 2.69. The molecule has 100 valence electrons. The monoisotopic (exact) mass is 238 g/mol. The van der Waals surface area contributed by atoms with Gasteiger partial charge in [0.25, 0.3) is 0 Å². The first kappa shape index (κ1) is 13.4. The van der Waals surface area contributed by atoms with Gasteiger partial charge in [-0.15, -0.1) is 0 Å². The van der Waals surface area contributed by atoms with Gasteiger partial charge < -0.3 is 10.2 Å². The second-order valence-corrected chi connectivity index (χ2v) is 6.36. The molecule has 0 bridgehead atoms. The fraction of sp³-hybridized carbons (Fsp3) is 1.00. The molecule has 2 fully saturated rings. The average molecular weight is 238 g/mol. The lowest BCUT2D eigenvalue weighted by Gasteiger charge is -2.35. The smallest absolute Gasteiger partial charge is 0.00792 e. The SMILES string of the molecule is CC(C)C1CCN(CCC2CCCCN2)CC1. The van der Waals surface area contributed by atoms with Crippen molar-refractivity contribution in [3.8, 4) is 0 Å². The van der Waals surface area contributed by atoms with Crippen molar-refractivity contribution in [2.75, 3.05) is 26.2 Å². The number of hydrogen-bond donors (Lipinski definition) is 1. The van der Waals surface area contributed by atoms with Gasteiger partial charge in [0, 0.05) is 6.04 Å². The minimum absolute atomic E-state index is 0.812. The number of piperidine rings is 2. The summed E-state index contributed by atoms with van der Waals surface area (Å²) in [6.07, 6.45) is 8.45. The maximum absolute atomic E-state index is 3.66. The molecule has 2 rings (SSSR count). The molecule has 0 aromatic heterocycles.